The zero-order valence-electron chi connectivity index (χ0n) is 22.0. The first-order valence-electron chi connectivity index (χ1n) is 12.2. The predicted molar refractivity (Wildman–Crippen MR) is 142 cm³/mol. The van der Waals surface area contributed by atoms with Gasteiger partial charge in [0.1, 0.15) is 18.1 Å². The van der Waals surface area contributed by atoms with Gasteiger partial charge in [0.05, 0.1) is 25.6 Å². The molecule has 0 N–H and O–H groups in total. The molecule has 0 aliphatic rings. The van der Waals surface area contributed by atoms with Gasteiger partial charge in [-0.15, -0.1) is 0 Å². The van der Waals surface area contributed by atoms with Gasteiger partial charge in [0, 0.05) is 17.0 Å². The molecular formula is C29H30N4O4. The fourth-order valence-electron chi connectivity index (χ4n) is 4.40. The van der Waals surface area contributed by atoms with Crippen LogP contribution in [0.15, 0.2) is 52.9 Å². The maximum atomic E-state index is 6.11. The zero-order chi connectivity index (χ0) is 26.1. The number of aromatic nitrogens is 4. The summed E-state index contributed by atoms with van der Waals surface area (Å²) in [5.41, 5.74) is 6.47. The normalized spacial score (nSPS) is 11.2. The number of oxazole rings is 1. The summed E-state index contributed by atoms with van der Waals surface area (Å²) in [5, 5.41) is 5.79. The molecule has 0 bridgehead atoms. The van der Waals surface area contributed by atoms with Crippen molar-refractivity contribution in [1.29, 1.82) is 0 Å². The monoisotopic (exact) mass is 498 g/mol. The van der Waals surface area contributed by atoms with Crippen molar-refractivity contribution in [1.82, 2.24) is 19.7 Å². The highest BCUT2D eigenvalue weighted by atomic mass is 16.5. The lowest BCUT2D eigenvalue weighted by Crippen LogP contribution is -2.02. The molecule has 0 saturated carbocycles. The number of hydrogen-bond donors (Lipinski definition) is 0. The van der Waals surface area contributed by atoms with Crippen LogP contribution in [-0.2, 0) is 13.0 Å². The summed E-state index contributed by atoms with van der Waals surface area (Å²) >= 11 is 0. The number of rotatable bonds is 8. The van der Waals surface area contributed by atoms with Gasteiger partial charge in [-0.3, -0.25) is 0 Å². The van der Waals surface area contributed by atoms with E-state index in [1.807, 2.05) is 49.7 Å². The first kappa shape index (κ1) is 24.4. The summed E-state index contributed by atoms with van der Waals surface area (Å²) < 4.78 is 24.6. The molecule has 0 radical (unpaired) electrons. The van der Waals surface area contributed by atoms with Gasteiger partial charge in [0.2, 0.25) is 11.8 Å². The molecule has 3 heterocycles. The third-order valence-electron chi connectivity index (χ3n) is 6.46. The Morgan fingerprint density at radius 2 is 1.65 bits per heavy atom. The Morgan fingerprint density at radius 1 is 0.892 bits per heavy atom. The first-order chi connectivity index (χ1) is 17.9. The Kier molecular flexibility index (Phi) is 6.56. The van der Waals surface area contributed by atoms with Crippen LogP contribution in [0.1, 0.15) is 35.2 Å². The Balaban J connectivity index is 1.42. The summed E-state index contributed by atoms with van der Waals surface area (Å²) in [7, 11) is 3.20. The average Bonchev–Trinajstić information content (AvgIpc) is 3.46. The van der Waals surface area contributed by atoms with Crippen molar-refractivity contribution in [2.75, 3.05) is 14.2 Å². The molecular weight excluding hydrogens is 468 g/mol. The van der Waals surface area contributed by atoms with Gasteiger partial charge in [-0.1, -0.05) is 19.1 Å². The van der Waals surface area contributed by atoms with Crippen molar-refractivity contribution in [3.8, 4) is 34.5 Å². The van der Waals surface area contributed by atoms with Gasteiger partial charge in [-0.05, 0) is 68.7 Å². The van der Waals surface area contributed by atoms with Crippen LogP contribution < -0.4 is 14.2 Å². The van der Waals surface area contributed by atoms with Crippen LogP contribution in [0.5, 0.6) is 17.4 Å². The lowest BCUT2D eigenvalue weighted by atomic mass is 10.1. The number of benzene rings is 2. The second kappa shape index (κ2) is 9.97. The van der Waals surface area contributed by atoms with Crippen molar-refractivity contribution in [2.45, 2.75) is 40.7 Å². The number of methoxy groups -OCH3 is 2. The molecule has 5 aromatic rings. The van der Waals surface area contributed by atoms with E-state index >= 15 is 0 Å². The second-order valence-electron chi connectivity index (χ2n) is 8.87. The van der Waals surface area contributed by atoms with E-state index < -0.39 is 0 Å². The predicted octanol–water partition coefficient (Wildman–Crippen LogP) is 6.16. The zero-order valence-corrected chi connectivity index (χ0v) is 22.0. The van der Waals surface area contributed by atoms with Gasteiger partial charge in [0.15, 0.2) is 17.1 Å². The molecule has 8 heteroatoms. The molecule has 37 heavy (non-hydrogen) atoms. The number of pyridine rings is 1. The SMILES string of the molecule is CCc1ccc(-n2nc(C)c3c(C)cc(OCc4nc(-c5ccc(OC)c(OC)c5)oc4C)nc32)cc1. The van der Waals surface area contributed by atoms with Crippen LogP contribution >= 0.6 is 0 Å². The van der Waals surface area contributed by atoms with E-state index in [0.717, 1.165) is 40.0 Å². The van der Waals surface area contributed by atoms with Crippen molar-refractivity contribution >= 4 is 11.0 Å². The maximum absolute atomic E-state index is 6.11. The molecule has 0 atom stereocenters. The standard InChI is InChI=1S/C29H30N4O4/c1-7-20-8-11-22(12-9-20)33-28-27(18(3)32-33)17(2)14-26(31-28)36-16-23-19(4)37-29(30-23)21-10-13-24(34-5)25(15-21)35-6/h8-15H,7,16H2,1-6H3. The van der Waals surface area contributed by atoms with Crippen molar-refractivity contribution < 1.29 is 18.6 Å². The van der Waals surface area contributed by atoms with Gasteiger partial charge in [-0.2, -0.15) is 10.1 Å². The number of nitrogens with zero attached hydrogens (tertiary/aromatic N) is 4. The van der Waals surface area contributed by atoms with Crippen LogP contribution in [0.3, 0.4) is 0 Å². The molecule has 0 spiro atoms. The lowest BCUT2D eigenvalue weighted by Gasteiger charge is -2.08. The Labute approximate surface area is 215 Å². The van der Waals surface area contributed by atoms with Crippen LogP contribution in [0.2, 0.25) is 0 Å². The number of fused-ring (bicyclic) bond motifs is 1. The number of hydrogen-bond acceptors (Lipinski definition) is 7. The molecule has 2 aromatic carbocycles. The summed E-state index contributed by atoms with van der Waals surface area (Å²) in [6.45, 7) is 8.29. The van der Waals surface area contributed by atoms with Gasteiger partial charge < -0.3 is 18.6 Å². The van der Waals surface area contributed by atoms with E-state index in [-0.39, 0.29) is 6.61 Å². The molecule has 5 rings (SSSR count). The van der Waals surface area contributed by atoms with E-state index in [4.69, 9.17) is 28.7 Å². The van der Waals surface area contributed by atoms with Crippen LogP contribution in [0, 0.1) is 20.8 Å². The molecule has 0 saturated heterocycles. The molecule has 0 amide bonds. The van der Waals surface area contributed by atoms with E-state index in [9.17, 15) is 0 Å². The molecule has 0 fully saturated rings. The quantitative estimate of drug-likeness (QED) is 0.253. The van der Waals surface area contributed by atoms with Crippen LogP contribution in [-0.4, -0.2) is 34.0 Å². The fraction of sp³-hybridized carbons (Fsp3) is 0.276. The minimum absolute atomic E-state index is 0.221. The average molecular weight is 499 g/mol. The fourth-order valence-corrected chi connectivity index (χ4v) is 4.40. The summed E-state index contributed by atoms with van der Waals surface area (Å²) in [4.78, 5) is 9.48. The Bertz CT molecular complexity index is 1570. The minimum Gasteiger partial charge on any atom is -0.493 e. The topological polar surface area (TPSA) is 84.4 Å². The van der Waals surface area contributed by atoms with Crippen LogP contribution in [0.25, 0.3) is 28.2 Å². The van der Waals surface area contributed by atoms with Crippen molar-refractivity contribution in [2.24, 2.45) is 0 Å². The Morgan fingerprint density at radius 3 is 2.35 bits per heavy atom. The van der Waals surface area contributed by atoms with E-state index in [0.29, 0.717) is 34.7 Å². The lowest BCUT2D eigenvalue weighted by molar-refractivity contribution is 0.288. The second-order valence-corrected chi connectivity index (χ2v) is 8.87. The highest BCUT2D eigenvalue weighted by Crippen LogP contribution is 2.33. The number of ether oxygens (including phenoxy) is 3. The Hall–Kier alpha value is -4.33. The van der Waals surface area contributed by atoms with Crippen molar-refractivity contribution in [3.05, 3.63) is 76.8 Å². The van der Waals surface area contributed by atoms with Crippen LogP contribution in [0.4, 0.5) is 0 Å². The smallest absolute Gasteiger partial charge is 0.226 e. The third kappa shape index (κ3) is 4.62. The number of aryl methyl sites for hydroxylation is 4. The molecule has 190 valence electrons. The van der Waals surface area contributed by atoms with Gasteiger partial charge >= 0.3 is 0 Å². The minimum atomic E-state index is 0.221. The molecule has 0 aliphatic heterocycles. The maximum Gasteiger partial charge on any atom is 0.226 e. The third-order valence-corrected chi connectivity index (χ3v) is 6.46. The van der Waals surface area contributed by atoms with E-state index in [1.165, 1.54) is 5.56 Å². The van der Waals surface area contributed by atoms with Gasteiger partial charge in [-0.25, -0.2) is 9.67 Å². The van der Waals surface area contributed by atoms with E-state index in [2.05, 4.69) is 36.2 Å². The van der Waals surface area contributed by atoms with E-state index in [1.54, 1.807) is 14.2 Å². The highest BCUT2D eigenvalue weighted by Gasteiger charge is 2.17. The largest absolute Gasteiger partial charge is 0.493 e. The summed E-state index contributed by atoms with van der Waals surface area (Å²) in [6.07, 6.45) is 0.990. The molecule has 8 nitrogen and oxygen atoms in total. The molecule has 0 aliphatic carbocycles. The molecule has 0 unspecified atom stereocenters. The van der Waals surface area contributed by atoms with Crippen molar-refractivity contribution in [3.63, 3.8) is 0 Å². The first-order valence-corrected chi connectivity index (χ1v) is 12.2. The summed E-state index contributed by atoms with van der Waals surface area (Å²) in [5.74, 6) is 2.93. The van der Waals surface area contributed by atoms with Gasteiger partial charge in [0.25, 0.3) is 0 Å². The molecule has 3 aromatic heterocycles. The summed E-state index contributed by atoms with van der Waals surface area (Å²) in [6, 6.07) is 15.9. The highest BCUT2D eigenvalue weighted by molar-refractivity contribution is 5.84.